The highest BCUT2D eigenvalue weighted by Gasteiger charge is 2.04. The summed E-state index contributed by atoms with van der Waals surface area (Å²) in [5, 5.41) is 1.03. The average molecular weight is 244 g/mol. The van der Waals surface area contributed by atoms with Crippen LogP contribution in [0.2, 0.25) is 0 Å². The number of rotatable bonds is 6. The second-order valence-electron chi connectivity index (χ2n) is 3.02. The van der Waals surface area contributed by atoms with E-state index >= 15 is 0 Å². The largest absolute Gasteiger partial charge is 0.367 e. The molecule has 0 saturated heterocycles. The number of alkyl halides is 1. The molecule has 2 nitrogen and oxygen atoms in total. The Bertz CT molecular complexity index is 243. The van der Waals surface area contributed by atoms with E-state index in [0.717, 1.165) is 30.2 Å². The molecule has 1 heterocycles. The number of Topliss-reactive ketones (excluding diaryl/α,β-unsaturated/α-hetero) is 1. The fourth-order valence-electron chi connectivity index (χ4n) is 1.20. The van der Waals surface area contributed by atoms with Gasteiger partial charge in [-0.2, -0.15) is 0 Å². The second-order valence-corrected chi connectivity index (χ2v) is 3.82. The summed E-state index contributed by atoms with van der Waals surface area (Å²) in [5.41, 5.74) is 0.804. The number of aromatic amines is 1. The standard InChI is InChI=1S/C10H14BrNO/c11-6-3-1-2-4-10(13)9-5-7-12-8-9/h5,7-8,12H,1-4,6H2. The molecular formula is C10H14BrNO. The van der Waals surface area contributed by atoms with Gasteiger partial charge in [0.15, 0.2) is 5.78 Å². The van der Waals surface area contributed by atoms with Crippen LogP contribution in [0.1, 0.15) is 36.0 Å². The first-order chi connectivity index (χ1) is 6.34. The highest BCUT2D eigenvalue weighted by Crippen LogP contribution is 2.07. The lowest BCUT2D eigenvalue weighted by atomic mass is 10.1. The van der Waals surface area contributed by atoms with Crippen molar-refractivity contribution >= 4 is 21.7 Å². The maximum Gasteiger partial charge on any atom is 0.164 e. The van der Waals surface area contributed by atoms with Crippen LogP contribution in [0.15, 0.2) is 18.5 Å². The third kappa shape index (κ3) is 3.77. The van der Waals surface area contributed by atoms with Crippen molar-refractivity contribution in [2.75, 3.05) is 5.33 Å². The van der Waals surface area contributed by atoms with Gasteiger partial charge in [-0.15, -0.1) is 0 Å². The van der Waals surface area contributed by atoms with Crippen molar-refractivity contribution in [3.8, 4) is 0 Å². The maximum atomic E-state index is 11.4. The van der Waals surface area contributed by atoms with Crippen LogP contribution in [0.5, 0.6) is 0 Å². The Kier molecular flexibility index (Phi) is 4.83. The van der Waals surface area contributed by atoms with Crippen LogP contribution < -0.4 is 0 Å². The van der Waals surface area contributed by atoms with Gasteiger partial charge in [-0.3, -0.25) is 4.79 Å². The molecule has 72 valence electrons. The molecule has 1 rings (SSSR count). The SMILES string of the molecule is O=C(CCCCCBr)c1cc[nH]c1. The van der Waals surface area contributed by atoms with E-state index in [0.29, 0.717) is 6.42 Å². The monoisotopic (exact) mass is 243 g/mol. The van der Waals surface area contributed by atoms with Crippen molar-refractivity contribution in [3.05, 3.63) is 24.0 Å². The molecule has 0 saturated carbocycles. The zero-order chi connectivity index (χ0) is 9.52. The summed E-state index contributed by atoms with van der Waals surface area (Å²) in [6.07, 6.45) is 7.49. The molecule has 0 amide bonds. The summed E-state index contributed by atoms with van der Waals surface area (Å²) in [5.74, 6) is 0.246. The van der Waals surface area contributed by atoms with Crippen LogP contribution in [-0.4, -0.2) is 16.1 Å². The zero-order valence-corrected chi connectivity index (χ0v) is 9.14. The molecule has 0 spiro atoms. The van der Waals surface area contributed by atoms with Gasteiger partial charge >= 0.3 is 0 Å². The van der Waals surface area contributed by atoms with Crippen molar-refractivity contribution in [2.45, 2.75) is 25.7 Å². The van der Waals surface area contributed by atoms with E-state index in [-0.39, 0.29) is 5.78 Å². The topological polar surface area (TPSA) is 32.9 Å². The lowest BCUT2D eigenvalue weighted by Crippen LogP contribution is -1.96. The number of nitrogens with one attached hydrogen (secondary N) is 1. The molecule has 0 unspecified atom stereocenters. The minimum atomic E-state index is 0.246. The van der Waals surface area contributed by atoms with Gasteiger partial charge in [0.1, 0.15) is 0 Å². The molecule has 3 heteroatoms. The molecule has 0 bridgehead atoms. The lowest BCUT2D eigenvalue weighted by Gasteiger charge is -1.97. The molecule has 1 aromatic heterocycles. The Hall–Kier alpha value is -0.570. The quantitative estimate of drug-likeness (QED) is 0.465. The van der Waals surface area contributed by atoms with Crippen molar-refractivity contribution < 1.29 is 4.79 Å². The third-order valence-electron chi connectivity index (χ3n) is 1.96. The fraction of sp³-hybridized carbons (Fsp3) is 0.500. The normalized spacial score (nSPS) is 10.2. The number of unbranched alkanes of at least 4 members (excludes halogenated alkanes) is 2. The van der Waals surface area contributed by atoms with E-state index in [1.54, 1.807) is 12.4 Å². The molecule has 0 atom stereocenters. The van der Waals surface area contributed by atoms with Crippen LogP contribution in [0, 0.1) is 0 Å². The minimum absolute atomic E-state index is 0.246. The maximum absolute atomic E-state index is 11.4. The molecule has 0 aliphatic rings. The minimum Gasteiger partial charge on any atom is -0.367 e. The average Bonchev–Trinajstić information content (AvgIpc) is 2.65. The van der Waals surface area contributed by atoms with E-state index in [1.165, 1.54) is 0 Å². The number of hydrogen-bond donors (Lipinski definition) is 1. The van der Waals surface area contributed by atoms with Gasteiger partial charge < -0.3 is 4.98 Å². The number of halogens is 1. The van der Waals surface area contributed by atoms with E-state index in [9.17, 15) is 4.79 Å². The number of ketones is 1. The van der Waals surface area contributed by atoms with E-state index in [2.05, 4.69) is 20.9 Å². The molecule has 1 N–H and O–H groups in total. The number of carbonyl (C=O) groups excluding carboxylic acids is 1. The number of hydrogen-bond acceptors (Lipinski definition) is 1. The summed E-state index contributed by atoms with van der Waals surface area (Å²) in [6.45, 7) is 0. The number of carbonyl (C=O) groups is 1. The Balaban J connectivity index is 2.19. The smallest absolute Gasteiger partial charge is 0.164 e. The van der Waals surface area contributed by atoms with E-state index < -0.39 is 0 Å². The first-order valence-electron chi connectivity index (χ1n) is 4.56. The van der Waals surface area contributed by atoms with Crippen LogP contribution in [0.25, 0.3) is 0 Å². The Labute approximate surface area is 86.9 Å². The summed E-state index contributed by atoms with van der Waals surface area (Å²) in [7, 11) is 0. The van der Waals surface area contributed by atoms with E-state index in [4.69, 9.17) is 0 Å². The zero-order valence-electron chi connectivity index (χ0n) is 7.55. The molecule has 0 fully saturated rings. The lowest BCUT2D eigenvalue weighted by molar-refractivity contribution is 0.0979. The summed E-state index contributed by atoms with van der Waals surface area (Å²) < 4.78 is 0. The fourth-order valence-corrected chi connectivity index (χ4v) is 1.59. The first-order valence-corrected chi connectivity index (χ1v) is 5.68. The van der Waals surface area contributed by atoms with Gasteiger partial charge in [-0.05, 0) is 18.9 Å². The molecule has 13 heavy (non-hydrogen) atoms. The Morgan fingerprint density at radius 1 is 1.38 bits per heavy atom. The Morgan fingerprint density at radius 3 is 2.85 bits per heavy atom. The summed E-state index contributed by atoms with van der Waals surface area (Å²) in [4.78, 5) is 14.3. The molecule has 0 radical (unpaired) electrons. The van der Waals surface area contributed by atoms with Gasteiger partial charge in [0.2, 0.25) is 0 Å². The van der Waals surface area contributed by atoms with Crippen molar-refractivity contribution in [1.29, 1.82) is 0 Å². The number of H-pyrrole nitrogens is 1. The van der Waals surface area contributed by atoms with Gasteiger partial charge in [0.05, 0.1) is 0 Å². The third-order valence-corrected chi connectivity index (χ3v) is 2.52. The molecule has 0 aliphatic heterocycles. The van der Waals surface area contributed by atoms with Crippen LogP contribution in [0.4, 0.5) is 0 Å². The molecule has 0 aromatic carbocycles. The van der Waals surface area contributed by atoms with Crippen molar-refractivity contribution in [1.82, 2.24) is 4.98 Å². The van der Waals surface area contributed by atoms with Crippen molar-refractivity contribution in [3.63, 3.8) is 0 Å². The van der Waals surface area contributed by atoms with Gasteiger partial charge in [-0.25, -0.2) is 0 Å². The van der Waals surface area contributed by atoms with Crippen LogP contribution in [-0.2, 0) is 0 Å². The summed E-state index contributed by atoms with van der Waals surface area (Å²) in [6, 6.07) is 1.83. The van der Waals surface area contributed by atoms with Gasteiger partial charge in [0, 0.05) is 29.7 Å². The van der Waals surface area contributed by atoms with Gasteiger partial charge in [0.25, 0.3) is 0 Å². The van der Waals surface area contributed by atoms with E-state index in [1.807, 2.05) is 6.07 Å². The second kappa shape index (κ2) is 5.97. The predicted octanol–water partition coefficient (Wildman–Crippen LogP) is 3.15. The highest BCUT2D eigenvalue weighted by atomic mass is 79.9. The predicted molar refractivity (Wildman–Crippen MR) is 57.4 cm³/mol. The molecule has 1 aromatic rings. The van der Waals surface area contributed by atoms with Gasteiger partial charge in [-0.1, -0.05) is 22.4 Å². The van der Waals surface area contributed by atoms with Crippen molar-refractivity contribution in [2.24, 2.45) is 0 Å². The number of aromatic nitrogens is 1. The highest BCUT2D eigenvalue weighted by molar-refractivity contribution is 9.09. The first kappa shape index (κ1) is 10.5. The van der Waals surface area contributed by atoms with Crippen LogP contribution in [0.3, 0.4) is 0 Å². The molecule has 0 aliphatic carbocycles. The Morgan fingerprint density at radius 2 is 2.23 bits per heavy atom. The summed E-state index contributed by atoms with van der Waals surface area (Å²) >= 11 is 3.37. The van der Waals surface area contributed by atoms with Crippen LogP contribution >= 0.6 is 15.9 Å². The molecular weight excluding hydrogens is 230 g/mol.